The molecule has 0 aliphatic rings. The van der Waals surface area contributed by atoms with Crippen molar-refractivity contribution in [1.82, 2.24) is 4.98 Å². The first kappa shape index (κ1) is 19.2. The molecule has 0 radical (unpaired) electrons. The van der Waals surface area contributed by atoms with Crippen LogP contribution in [0.15, 0.2) is 53.4 Å². The van der Waals surface area contributed by atoms with Crippen molar-refractivity contribution in [1.29, 1.82) is 0 Å². The number of sulfonamides is 1. The van der Waals surface area contributed by atoms with Crippen molar-refractivity contribution in [3.8, 4) is 0 Å². The number of nitrogens with two attached hydrogens (primary N) is 1. The van der Waals surface area contributed by atoms with Crippen LogP contribution in [0, 0.1) is 13.8 Å². The van der Waals surface area contributed by atoms with Crippen LogP contribution in [0.4, 0.5) is 5.69 Å². The van der Waals surface area contributed by atoms with E-state index < -0.39 is 10.0 Å². The summed E-state index contributed by atoms with van der Waals surface area (Å²) in [5.41, 5.74) is 2.65. The highest BCUT2D eigenvalue weighted by molar-refractivity contribution is 7.89. The maximum atomic E-state index is 12.6. The van der Waals surface area contributed by atoms with E-state index in [1.807, 2.05) is 30.3 Å². The Balaban J connectivity index is 1.81. The van der Waals surface area contributed by atoms with Crippen molar-refractivity contribution in [2.45, 2.75) is 25.2 Å². The SMILES string of the molecule is Cc1ccc(NC(=O)c2sc(Cc3ccccc3)nc2C)cc1S(N)(=O)=O. The fourth-order valence-corrected chi connectivity index (χ4v) is 4.48. The molecule has 0 aliphatic heterocycles. The van der Waals surface area contributed by atoms with Gasteiger partial charge in [0.15, 0.2) is 0 Å². The summed E-state index contributed by atoms with van der Waals surface area (Å²) in [6.45, 7) is 3.43. The van der Waals surface area contributed by atoms with Crippen molar-refractivity contribution in [3.63, 3.8) is 0 Å². The molecule has 8 heteroatoms. The molecule has 140 valence electrons. The number of benzene rings is 2. The van der Waals surface area contributed by atoms with Crippen LogP contribution in [-0.4, -0.2) is 19.3 Å². The predicted molar refractivity (Wildman–Crippen MR) is 107 cm³/mol. The molecule has 0 saturated heterocycles. The number of amides is 1. The number of rotatable bonds is 5. The fourth-order valence-electron chi connectivity index (χ4n) is 2.68. The normalized spacial score (nSPS) is 11.4. The maximum absolute atomic E-state index is 12.6. The molecule has 0 spiro atoms. The minimum absolute atomic E-state index is 0.00825. The molecule has 3 N–H and O–H groups in total. The zero-order valence-electron chi connectivity index (χ0n) is 14.9. The molecule has 0 unspecified atom stereocenters. The first-order chi connectivity index (χ1) is 12.7. The van der Waals surface area contributed by atoms with Gasteiger partial charge in [-0.15, -0.1) is 11.3 Å². The van der Waals surface area contributed by atoms with Gasteiger partial charge in [0.05, 0.1) is 15.6 Å². The third kappa shape index (κ3) is 4.60. The van der Waals surface area contributed by atoms with Crippen LogP contribution in [0.5, 0.6) is 0 Å². The average Bonchev–Trinajstić information content (AvgIpc) is 2.97. The topological polar surface area (TPSA) is 102 Å². The van der Waals surface area contributed by atoms with Gasteiger partial charge < -0.3 is 5.32 Å². The molecule has 0 atom stereocenters. The molecule has 3 aromatic rings. The van der Waals surface area contributed by atoms with Crippen molar-refractivity contribution in [2.75, 3.05) is 5.32 Å². The van der Waals surface area contributed by atoms with Gasteiger partial charge in [-0.05, 0) is 37.1 Å². The Bertz CT molecular complexity index is 1090. The number of anilines is 1. The van der Waals surface area contributed by atoms with E-state index in [1.165, 1.54) is 17.4 Å². The summed E-state index contributed by atoms with van der Waals surface area (Å²) in [7, 11) is -3.86. The highest BCUT2D eigenvalue weighted by atomic mass is 32.2. The van der Waals surface area contributed by atoms with Crippen LogP contribution in [0.1, 0.15) is 31.5 Å². The highest BCUT2D eigenvalue weighted by Gasteiger charge is 2.17. The molecule has 3 rings (SSSR count). The van der Waals surface area contributed by atoms with Crippen LogP contribution in [-0.2, 0) is 16.4 Å². The Morgan fingerprint density at radius 1 is 1.15 bits per heavy atom. The van der Waals surface area contributed by atoms with E-state index in [0.717, 1.165) is 10.6 Å². The minimum Gasteiger partial charge on any atom is -0.321 e. The van der Waals surface area contributed by atoms with Gasteiger partial charge in [-0.2, -0.15) is 0 Å². The van der Waals surface area contributed by atoms with Gasteiger partial charge in [-0.3, -0.25) is 4.79 Å². The lowest BCUT2D eigenvalue weighted by molar-refractivity contribution is 0.102. The molecule has 1 heterocycles. The lowest BCUT2D eigenvalue weighted by Crippen LogP contribution is -2.16. The second kappa shape index (κ2) is 7.59. The van der Waals surface area contributed by atoms with E-state index in [-0.39, 0.29) is 10.8 Å². The van der Waals surface area contributed by atoms with E-state index in [1.54, 1.807) is 26.0 Å². The van der Waals surface area contributed by atoms with E-state index in [4.69, 9.17) is 5.14 Å². The molecular weight excluding hydrogens is 382 g/mol. The summed E-state index contributed by atoms with van der Waals surface area (Å²) < 4.78 is 23.3. The first-order valence-corrected chi connectivity index (χ1v) is 10.6. The Hall–Kier alpha value is -2.55. The summed E-state index contributed by atoms with van der Waals surface area (Å²) in [4.78, 5) is 17.6. The number of hydrogen-bond acceptors (Lipinski definition) is 5. The third-order valence-corrected chi connectivity index (χ3v) is 6.21. The molecule has 27 heavy (non-hydrogen) atoms. The molecule has 0 aliphatic carbocycles. The van der Waals surface area contributed by atoms with E-state index in [0.29, 0.717) is 28.2 Å². The molecule has 1 aromatic heterocycles. The lowest BCUT2D eigenvalue weighted by atomic mass is 10.2. The number of nitrogens with zero attached hydrogens (tertiary/aromatic N) is 1. The van der Waals surface area contributed by atoms with E-state index in [2.05, 4.69) is 10.3 Å². The highest BCUT2D eigenvalue weighted by Crippen LogP contribution is 2.24. The van der Waals surface area contributed by atoms with Gasteiger partial charge in [-0.25, -0.2) is 18.5 Å². The number of aryl methyl sites for hydroxylation is 2. The van der Waals surface area contributed by atoms with Gasteiger partial charge in [0.25, 0.3) is 5.91 Å². The number of hydrogen-bond donors (Lipinski definition) is 2. The number of carbonyl (C=O) groups is 1. The average molecular weight is 402 g/mol. The van der Waals surface area contributed by atoms with Crippen molar-refractivity contribution in [2.24, 2.45) is 5.14 Å². The summed E-state index contributed by atoms with van der Waals surface area (Å²) in [5, 5.41) is 8.79. The largest absolute Gasteiger partial charge is 0.321 e. The lowest BCUT2D eigenvalue weighted by Gasteiger charge is -2.08. The second-order valence-electron chi connectivity index (χ2n) is 6.16. The van der Waals surface area contributed by atoms with Gasteiger partial charge in [-0.1, -0.05) is 36.4 Å². The first-order valence-electron chi connectivity index (χ1n) is 8.19. The van der Waals surface area contributed by atoms with Gasteiger partial charge in [0.2, 0.25) is 10.0 Å². The van der Waals surface area contributed by atoms with Gasteiger partial charge in [0.1, 0.15) is 4.88 Å². The van der Waals surface area contributed by atoms with Crippen LogP contribution >= 0.6 is 11.3 Å². The maximum Gasteiger partial charge on any atom is 0.267 e. The Labute approximate surface area is 162 Å². The van der Waals surface area contributed by atoms with Crippen LogP contribution < -0.4 is 10.5 Å². The Morgan fingerprint density at radius 2 is 1.85 bits per heavy atom. The molecule has 0 saturated carbocycles. The Morgan fingerprint density at radius 3 is 2.52 bits per heavy atom. The number of carbonyl (C=O) groups excluding carboxylic acids is 1. The minimum atomic E-state index is -3.86. The molecule has 0 fully saturated rings. The molecule has 1 amide bonds. The van der Waals surface area contributed by atoms with Crippen LogP contribution in [0.25, 0.3) is 0 Å². The smallest absolute Gasteiger partial charge is 0.267 e. The number of thiazole rings is 1. The summed E-state index contributed by atoms with van der Waals surface area (Å²) >= 11 is 1.33. The van der Waals surface area contributed by atoms with Crippen molar-refractivity contribution < 1.29 is 13.2 Å². The van der Waals surface area contributed by atoms with Gasteiger partial charge >= 0.3 is 0 Å². The van der Waals surface area contributed by atoms with E-state index in [9.17, 15) is 13.2 Å². The Kier molecular flexibility index (Phi) is 5.41. The van der Waals surface area contributed by atoms with Crippen molar-refractivity contribution in [3.05, 3.63) is 75.2 Å². The predicted octanol–water partition coefficient (Wildman–Crippen LogP) is 3.25. The van der Waals surface area contributed by atoms with Gasteiger partial charge in [0, 0.05) is 12.1 Å². The molecular formula is C19H19N3O3S2. The third-order valence-electron chi connectivity index (χ3n) is 4.00. The number of primary sulfonamides is 1. The molecule has 6 nitrogen and oxygen atoms in total. The molecule has 2 aromatic carbocycles. The summed E-state index contributed by atoms with van der Waals surface area (Å²) in [5.74, 6) is -0.325. The van der Waals surface area contributed by atoms with E-state index >= 15 is 0 Å². The number of nitrogens with one attached hydrogen (secondary N) is 1. The monoisotopic (exact) mass is 401 g/mol. The quantitative estimate of drug-likeness (QED) is 0.685. The fraction of sp³-hybridized carbons (Fsp3) is 0.158. The summed E-state index contributed by atoms with van der Waals surface area (Å²) in [6.07, 6.45) is 0.653. The second-order valence-corrected chi connectivity index (χ2v) is 8.78. The standard InChI is InChI=1S/C19H19N3O3S2/c1-12-8-9-15(11-16(12)27(20,24)25)22-19(23)18-13(2)21-17(26-18)10-14-6-4-3-5-7-14/h3-9,11H,10H2,1-2H3,(H,22,23)(H2,20,24,25). The summed E-state index contributed by atoms with van der Waals surface area (Å²) in [6, 6.07) is 14.5. The zero-order valence-corrected chi connectivity index (χ0v) is 16.5. The molecule has 0 bridgehead atoms. The van der Waals surface area contributed by atoms with Crippen LogP contribution in [0.3, 0.4) is 0 Å². The van der Waals surface area contributed by atoms with Crippen LogP contribution in [0.2, 0.25) is 0 Å². The zero-order chi connectivity index (χ0) is 19.6. The van der Waals surface area contributed by atoms with Crippen molar-refractivity contribution >= 4 is 33.0 Å². The number of aromatic nitrogens is 1.